The van der Waals surface area contributed by atoms with Crippen molar-refractivity contribution in [3.05, 3.63) is 52.3 Å². The Balaban J connectivity index is 1.80. The molecule has 1 fully saturated rings. The maximum Gasteiger partial charge on any atom is 0.257 e. The van der Waals surface area contributed by atoms with Gasteiger partial charge in [0.15, 0.2) is 0 Å². The minimum absolute atomic E-state index is 0.186. The van der Waals surface area contributed by atoms with Crippen molar-refractivity contribution in [3.63, 3.8) is 0 Å². The van der Waals surface area contributed by atoms with Crippen molar-refractivity contribution in [1.82, 2.24) is 9.88 Å². The standard InChI is InChI=1S/C17H18Cl2N4O/c1-22-6-8-23(9-7-22)15-5-3-2-4-14(15)21-17(24)12-10-13(18)16(19)20-11-12/h2-5,10-11H,6-9H2,1H3,(H,21,24). The van der Waals surface area contributed by atoms with Crippen molar-refractivity contribution >= 4 is 40.5 Å². The fraction of sp³-hybridized carbons (Fsp3) is 0.294. The summed E-state index contributed by atoms with van der Waals surface area (Å²) >= 11 is 11.7. The van der Waals surface area contributed by atoms with Crippen LogP contribution in [0.25, 0.3) is 0 Å². The Morgan fingerprint density at radius 3 is 2.58 bits per heavy atom. The zero-order valence-corrected chi connectivity index (χ0v) is 14.8. The molecule has 1 aliphatic rings. The predicted octanol–water partition coefficient (Wildman–Crippen LogP) is 3.39. The highest BCUT2D eigenvalue weighted by Crippen LogP contribution is 2.27. The number of hydrogen-bond donors (Lipinski definition) is 1. The van der Waals surface area contributed by atoms with E-state index in [2.05, 4.69) is 27.1 Å². The zero-order valence-electron chi connectivity index (χ0n) is 13.3. The van der Waals surface area contributed by atoms with Crippen molar-refractivity contribution in [2.45, 2.75) is 0 Å². The van der Waals surface area contributed by atoms with E-state index in [4.69, 9.17) is 23.2 Å². The van der Waals surface area contributed by atoms with Gasteiger partial charge in [0.05, 0.1) is 22.0 Å². The second-order valence-corrected chi connectivity index (χ2v) is 6.52. The number of rotatable bonds is 3. The van der Waals surface area contributed by atoms with E-state index in [-0.39, 0.29) is 16.1 Å². The first-order valence-corrected chi connectivity index (χ1v) is 8.45. The molecule has 2 heterocycles. The van der Waals surface area contributed by atoms with Crippen molar-refractivity contribution in [1.29, 1.82) is 0 Å². The summed E-state index contributed by atoms with van der Waals surface area (Å²) in [6, 6.07) is 9.32. The number of carbonyl (C=O) groups excluding carboxylic acids is 1. The maximum absolute atomic E-state index is 12.5. The maximum atomic E-state index is 12.5. The molecule has 0 bridgehead atoms. The number of carbonyl (C=O) groups is 1. The molecule has 0 saturated carbocycles. The average molecular weight is 365 g/mol. The van der Waals surface area contributed by atoms with Crippen LogP contribution in [-0.2, 0) is 0 Å². The predicted molar refractivity (Wildman–Crippen MR) is 98.4 cm³/mol. The van der Waals surface area contributed by atoms with E-state index < -0.39 is 0 Å². The number of piperazine rings is 1. The second-order valence-electron chi connectivity index (χ2n) is 5.76. The molecule has 0 atom stereocenters. The zero-order chi connectivity index (χ0) is 17.1. The number of nitrogens with one attached hydrogen (secondary N) is 1. The van der Waals surface area contributed by atoms with Gasteiger partial charge in [-0.25, -0.2) is 4.98 Å². The Kier molecular flexibility index (Phi) is 5.23. The molecule has 1 amide bonds. The van der Waals surface area contributed by atoms with Gasteiger partial charge in [-0.05, 0) is 25.2 Å². The molecular weight excluding hydrogens is 347 g/mol. The van der Waals surface area contributed by atoms with E-state index in [1.165, 1.54) is 12.3 Å². The van der Waals surface area contributed by atoms with Crippen LogP contribution in [0.4, 0.5) is 11.4 Å². The summed E-state index contributed by atoms with van der Waals surface area (Å²) in [5.74, 6) is -0.261. The summed E-state index contributed by atoms with van der Waals surface area (Å²) in [6.07, 6.45) is 1.42. The number of likely N-dealkylation sites (N-methyl/N-ethyl adjacent to an activating group) is 1. The van der Waals surface area contributed by atoms with Crippen LogP contribution in [0.15, 0.2) is 36.5 Å². The smallest absolute Gasteiger partial charge is 0.257 e. The topological polar surface area (TPSA) is 48.5 Å². The summed E-state index contributed by atoms with van der Waals surface area (Å²) in [5, 5.41) is 3.39. The summed E-state index contributed by atoms with van der Waals surface area (Å²) < 4.78 is 0. The summed E-state index contributed by atoms with van der Waals surface area (Å²) in [5.41, 5.74) is 2.17. The first-order chi connectivity index (χ1) is 11.5. The Labute approximate surface area is 151 Å². The molecule has 0 aliphatic carbocycles. The van der Waals surface area contributed by atoms with E-state index in [9.17, 15) is 4.79 Å². The van der Waals surface area contributed by atoms with Gasteiger partial charge in [0.2, 0.25) is 0 Å². The third-order valence-corrected chi connectivity index (χ3v) is 4.74. The average Bonchev–Trinajstić information content (AvgIpc) is 2.58. The molecule has 2 aromatic rings. The first kappa shape index (κ1) is 17.0. The fourth-order valence-corrected chi connectivity index (χ4v) is 2.91. The Morgan fingerprint density at radius 1 is 1.17 bits per heavy atom. The molecule has 0 unspecified atom stereocenters. The molecule has 0 spiro atoms. The molecule has 24 heavy (non-hydrogen) atoms. The van der Waals surface area contributed by atoms with Crippen molar-refractivity contribution < 1.29 is 4.79 Å². The van der Waals surface area contributed by atoms with Gasteiger partial charge in [0, 0.05) is 32.4 Å². The van der Waals surface area contributed by atoms with Gasteiger partial charge in [-0.3, -0.25) is 4.79 Å². The van der Waals surface area contributed by atoms with Crippen LogP contribution in [0.2, 0.25) is 10.2 Å². The summed E-state index contributed by atoms with van der Waals surface area (Å²) in [6.45, 7) is 3.85. The number of halogens is 2. The first-order valence-electron chi connectivity index (χ1n) is 7.69. The fourth-order valence-electron chi connectivity index (χ4n) is 2.64. The van der Waals surface area contributed by atoms with Crippen LogP contribution in [0.3, 0.4) is 0 Å². The lowest BCUT2D eigenvalue weighted by atomic mass is 10.2. The largest absolute Gasteiger partial charge is 0.367 e. The molecular formula is C17H18Cl2N4O. The van der Waals surface area contributed by atoms with Crippen LogP contribution >= 0.6 is 23.2 Å². The number of aromatic nitrogens is 1. The highest BCUT2D eigenvalue weighted by molar-refractivity contribution is 6.41. The van der Waals surface area contributed by atoms with Crippen LogP contribution in [0, 0.1) is 0 Å². The highest BCUT2D eigenvalue weighted by Gasteiger charge is 2.18. The van der Waals surface area contributed by atoms with E-state index in [0.29, 0.717) is 5.56 Å². The summed E-state index contributed by atoms with van der Waals surface area (Å²) in [7, 11) is 2.11. The number of hydrogen-bond acceptors (Lipinski definition) is 4. The Morgan fingerprint density at radius 2 is 1.88 bits per heavy atom. The molecule has 1 N–H and O–H groups in total. The minimum Gasteiger partial charge on any atom is -0.367 e. The van der Waals surface area contributed by atoms with Crippen LogP contribution < -0.4 is 10.2 Å². The number of anilines is 2. The summed E-state index contributed by atoms with van der Waals surface area (Å²) in [4.78, 5) is 21.0. The second kappa shape index (κ2) is 7.38. The van der Waals surface area contributed by atoms with Crippen LogP contribution in [-0.4, -0.2) is 49.0 Å². The Bertz CT molecular complexity index is 745. The molecule has 1 saturated heterocycles. The van der Waals surface area contributed by atoms with Gasteiger partial charge in [0.1, 0.15) is 5.15 Å². The van der Waals surface area contributed by atoms with E-state index >= 15 is 0 Å². The lowest BCUT2D eigenvalue weighted by Gasteiger charge is -2.35. The van der Waals surface area contributed by atoms with Gasteiger partial charge < -0.3 is 15.1 Å². The lowest BCUT2D eigenvalue weighted by Crippen LogP contribution is -2.44. The number of pyridine rings is 1. The molecule has 1 aromatic heterocycles. The monoisotopic (exact) mass is 364 g/mol. The van der Waals surface area contributed by atoms with Crippen molar-refractivity contribution in [2.24, 2.45) is 0 Å². The third kappa shape index (κ3) is 3.80. The van der Waals surface area contributed by atoms with Gasteiger partial charge in [-0.1, -0.05) is 35.3 Å². The molecule has 126 valence electrons. The molecule has 5 nitrogen and oxygen atoms in total. The molecule has 3 rings (SSSR count). The number of nitrogens with zero attached hydrogens (tertiary/aromatic N) is 3. The van der Waals surface area contributed by atoms with Crippen LogP contribution in [0.1, 0.15) is 10.4 Å². The van der Waals surface area contributed by atoms with Crippen LogP contribution in [0.5, 0.6) is 0 Å². The Hall–Kier alpha value is -1.82. The van der Waals surface area contributed by atoms with Gasteiger partial charge >= 0.3 is 0 Å². The van der Waals surface area contributed by atoms with Crippen molar-refractivity contribution in [3.8, 4) is 0 Å². The van der Waals surface area contributed by atoms with Gasteiger partial charge in [-0.15, -0.1) is 0 Å². The number of para-hydroxylation sites is 2. The van der Waals surface area contributed by atoms with E-state index in [0.717, 1.165) is 37.6 Å². The molecule has 7 heteroatoms. The SMILES string of the molecule is CN1CCN(c2ccccc2NC(=O)c2cnc(Cl)c(Cl)c2)CC1. The van der Waals surface area contributed by atoms with Gasteiger partial charge in [-0.2, -0.15) is 0 Å². The molecule has 1 aromatic carbocycles. The number of benzene rings is 1. The lowest BCUT2D eigenvalue weighted by molar-refractivity contribution is 0.102. The third-order valence-electron chi connectivity index (χ3n) is 4.05. The van der Waals surface area contributed by atoms with Gasteiger partial charge in [0.25, 0.3) is 5.91 Å². The normalized spacial score (nSPS) is 15.4. The van der Waals surface area contributed by atoms with E-state index in [1.807, 2.05) is 24.3 Å². The minimum atomic E-state index is -0.261. The van der Waals surface area contributed by atoms with Crippen molar-refractivity contribution in [2.75, 3.05) is 43.4 Å². The quantitative estimate of drug-likeness (QED) is 0.848. The van der Waals surface area contributed by atoms with E-state index in [1.54, 1.807) is 0 Å². The molecule has 0 radical (unpaired) electrons. The number of amides is 1. The molecule has 1 aliphatic heterocycles. The highest BCUT2D eigenvalue weighted by atomic mass is 35.5.